The summed E-state index contributed by atoms with van der Waals surface area (Å²) >= 11 is 6.00. The van der Waals surface area contributed by atoms with Crippen LogP contribution in [0.15, 0.2) is 18.2 Å². The number of benzene rings is 1. The molecule has 0 bridgehead atoms. The molecule has 0 spiro atoms. The smallest absolute Gasteiger partial charge is 0.269 e. The van der Waals surface area contributed by atoms with Gasteiger partial charge in [-0.15, -0.1) is 0 Å². The molecule has 0 aliphatic heterocycles. The molecule has 0 amide bonds. The van der Waals surface area contributed by atoms with Crippen LogP contribution in [0.3, 0.4) is 0 Å². The molecule has 5 nitrogen and oxygen atoms in total. The van der Waals surface area contributed by atoms with Crippen molar-refractivity contribution < 1.29 is 10.0 Å². The number of nitrogens with zero attached hydrogens (tertiary/aromatic N) is 2. The van der Waals surface area contributed by atoms with Gasteiger partial charge < -0.3 is 5.11 Å². The summed E-state index contributed by atoms with van der Waals surface area (Å²) in [5.74, 6) is 0. The Bertz CT molecular complexity index is 443. The summed E-state index contributed by atoms with van der Waals surface area (Å²) in [5.41, 5.74) is -0.120. The van der Waals surface area contributed by atoms with Gasteiger partial charge in [-0.2, -0.15) is 0 Å². The number of nitro groups is 1. The van der Waals surface area contributed by atoms with Crippen molar-refractivity contribution in [2.24, 2.45) is 0 Å². The van der Waals surface area contributed by atoms with Crippen LogP contribution >= 0.6 is 11.6 Å². The van der Waals surface area contributed by atoms with Crippen molar-refractivity contribution in [2.45, 2.75) is 26.0 Å². The predicted octanol–water partition coefficient (Wildman–Crippen LogP) is 2.45. The summed E-state index contributed by atoms with van der Waals surface area (Å²) < 4.78 is 0. The molecule has 0 atom stereocenters. The van der Waals surface area contributed by atoms with Gasteiger partial charge in [0.05, 0.1) is 10.5 Å². The Labute approximate surface area is 111 Å². The van der Waals surface area contributed by atoms with Crippen molar-refractivity contribution in [1.29, 1.82) is 0 Å². The van der Waals surface area contributed by atoms with Crippen LogP contribution in [0, 0.1) is 10.1 Å². The molecule has 0 radical (unpaired) electrons. The number of hydrogen-bond acceptors (Lipinski definition) is 4. The zero-order chi connectivity index (χ0) is 13.9. The summed E-state index contributed by atoms with van der Waals surface area (Å²) in [6.45, 7) is 4.31. The normalized spacial score (nSPS) is 11.9. The number of nitro benzene ring substituents is 1. The number of likely N-dealkylation sites (N-methyl/N-ethyl adjacent to an activating group) is 1. The molecule has 0 heterocycles. The van der Waals surface area contributed by atoms with Crippen LogP contribution in [0.2, 0.25) is 5.02 Å². The molecular formula is C12H17ClN2O3. The highest BCUT2D eigenvalue weighted by Gasteiger charge is 2.17. The monoisotopic (exact) mass is 272 g/mol. The van der Waals surface area contributed by atoms with Crippen molar-refractivity contribution in [2.75, 3.05) is 13.6 Å². The Morgan fingerprint density at radius 2 is 2.11 bits per heavy atom. The summed E-state index contributed by atoms with van der Waals surface area (Å²) in [6.07, 6.45) is 0. The molecule has 100 valence electrons. The van der Waals surface area contributed by atoms with Gasteiger partial charge in [0.2, 0.25) is 0 Å². The van der Waals surface area contributed by atoms with Crippen LogP contribution in [0.1, 0.15) is 19.4 Å². The highest BCUT2D eigenvalue weighted by molar-refractivity contribution is 6.31. The third kappa shape index (κ3) is 4.60. The van der Waals surface area contributed by atoms with Gasteiger partial charge in [0.15, 0.2) is 0 Å². The van der Waals surface area contributed by atoms with Crippen molar-refractivity contribution in [1.82, 2.24) is 4.90 Å². The van der Waals surface area contributed by atoms with E-state index in [1.165, 1.54) is 18.2 Å². The highest BCUT2D eigenvalue weighted by atomic mass is 35.5. The Kier molecular flexibility index (Phi) is 4.67. The quantitative estimate of drug-likeness (QED) is 0.660. The maximum atomic E-state index is 10.7. The van der Waals surface area contributed by atoms with Crippen LogP contribution < -0.4 is 0 Å². The number of non-ortho nitro benzene ring substituents is 1. The van der Waals surface area contributed by atoms with Crippen molar-refractivity contribution in [3.05, 3.63) is 38.9 Å². The fraction of sp³-hybridized carbons (Fsp3) is 0.500. The standard InChI is InChI=1S/C12H17ClN2O3/c1-12(2,16)8-14(3)7-9-6-10(15(17)18)4-5-11(9)13/h4-6,16H,7-8H2,1-3H3. The predicted molar refractivity (Wildman–Crippen MR) is 70.7 cm³/mol. The van der Waals surface area contributed by atoms with E-state index in [9.17, 15) is 15.2 Å². The van der Waals surface area contributed by atoms with Gasteiger partial charge in [-0.1, -0.05) is 11.6 Å². The second kappa shape index (κ2) is 5.65. The van der Waals surface area contributed by atoms with Gasteiger partial charge in [-0.25, -0.2) is 0 Å². The molecular weight excluding hydrogens is 256 g/mol. The number of hydrogen-bond donors (Lipinski definition) is 1. The number of halogens is 1. The lowest BCUT2D eigenvalue weighted by Crippen LogP contribution is -2.35. The van der Waals surface area contributed by atoms with Gasteiger partial charge in [0.25, 0.3) is 5.69 Å². The zero-order valence-corrected chi connectivity index (χ0v) is 11.4. The third-order valence-corrected chi connectivity index (χ3v) is 2.71. The molecule has 1 N–H and O–H groups in total. The van der Waals surface area contributed by atoms with Crippen LogP contribution in [-0.2, 0) is 6.54 Å². The summed E-state index contributed by atoms with van der Waals surface area (Å²) in [7, 11) is 1.83. The minimum Gasteiger partial charge on any atom is -0.389 e. The maximum absolute atomic E-state index is 10.7. The van der Waals surface area contributed by atoms with Crippen molar-refractivity contribution in [3.8, 4) is 0 Å². The zero-order valence-electron chi connectivity index (χ0n) is 10.7. The van der Waals surface area contributed by atoms with Gasteiger partial charge in [0, 0.05) is 30.2 Å². The van der Waals surface area contributed by atoms with Crippen LogP contribution in [0.4, 0.5) is 5.69 Å². The molecule has 1 rings (SSSR count). The Morgan fingerprint density at radius 1 is 1.50 bits per heavy atom. The first kappa shape index (κ1) is 14.9. The minimum absolute atomic E-state index is 0.0195. The lowest BCUT2D eigenvalue weighted by Gasteiger charge is -2.25. The van der Waals surface area contributed by atoms with E-state index in [0.29, 0.717) is 23.7 Å². The van der Waals surface area contributed by atoms with E-state index < -0.39 is 10.5 Å². The van der Waals surface area contributed by atoms with Gasteiger partial charge in [0.1, 0.15) is 0 Å². The Hall–Kier alpha value is -1.17. The first-order valence-electron chi connectivity index (χ1n) is 5.53. The lowest BCUT2D eigenvalue weighted by atomic mass is 10.1. The van der Waals surface area contributed by atoms with E-state index >= 15 is 0 Å². The molecule has 6 heteroatoms. The molecule has 0 saturated heterocycles. The molecule has 0 aliphatic carbocycles. The minimum atomic E-state index is -0.818. The molecule has 0 aromatic heterocycles. The van der Waals surface area contributed by atoms with Gasteiger partial charge in [-0.3, -0.25) is 15.0 Å². The summed E-state index contributed by atoms with van der Waals surface area (Å²) in [4.78, 5) is 12.1. The van der Waals surface area contributed by atoms with E-state index in [4.69, 9.17) is 11.6 Å². The SMILES string of the molecule is CN(Cc1cc([N+](=O)[O-])ccc1Cl)CC(C)(C)O. The number of aliphatic hydroxyl groups is 1. The average Bonchev–Trinajstić information content (AvgIpc) is 2.18. The molecule has 0 aliphatic rings. The molecule has 0 unspecified atom stereocenters. The highest BCUT2D eigenvalue weighted by Crippen LogP contribution is 2.23. The van der Waals surface area contributed by atoms with E-state index in [2.05, 4.69) is 0 Å². The van der Waals surface area contributed by atoms with E-state index in [1.807, 2.05) is 11.9 Å². The fourth-order valence-electron chi connectivity index (χ4n) is 1.80. The third-order valence-electron chi connectivity index (χ3n) is 2.34. The maximum Gasteiger partial charge on any atom is 0.269 e. The fourth-order valence-corrected chi connectivity index (χ4v) is 1.98. The average molecular weight is 273 g/mol. The second-order valence-corrected chi connectivity index (χ2v) is 5.42. The van der Waals surface area contributed by atoms with Crippen molar-refractivity contribution in [3.63, 3.8) is 0 Å². The second-order valence-electron chi connectivity index (χ2n) is 5.02. The van der Waals surface area contributed by atoms with Crippen LogP contribution in [-0.4, -0.2) is 34.1 Å². The lowest BCUT2D eigenvalue weighted by molar-refractivity contribution is -0.384. The van der Waals surface area contributed by atoms with E-state index in [0.717, 1.165) is 0 Å². The Morgan fingerprint density at radius 3 is 2.61 bits per heavy atom. The topological polar surface area (TPSA) is 66.6 Å². The van der Waals surface area contributed by atoms with Crippen molar-refractivity contribution >= 4 is 17.3 Å². The first-order chi connectivity index (χ1) is 8.19. The van der Waals surface area contributed by atoms with Gasteiger partial charge >= 0.3 is 0 Å². The Balaban J connectivity index is 2.83. The van der Waals surface area contributed by atoms with E-state index in [-0.39, 0.29) is 5.69 Å². The molecule has 0 fully saturated rings. The van der Waals surface area contributed by atoms with E-state index in [1.54, 1.807) is 13.8 Å². The summed E-state index contributed by atoms with van der Waals surface area (Å²) in [5, 5.41) is 20.9. The number of rotatable bonds is 5. The molecule has 1 aromatic rings. The van der Waals surface area contributed by atoms with Gasteiger partial charge in [-0.05, 0) is 32.5 Å². The molecule has 1 aromatic carbocycles. The first-order valence-corrected chi connectivity index (χ1v) is 5.90. The van der Waals surface area contributed by atoms with Crippen LogP contribution in [0.25, 0.3) is 0 Å². The summed E-state index contributed by atoms with van der Waals surface area (Å²) in [6, 6.07) is 4.36. The molecule has 18 heavy (non-hydrogen) atoms. The van der Waals surface area contributed by atoms with Crippen LogP contribution in [0.5, 0.6) is 0 Å². The largest absolute Gasteiger partial charge is 0.389 e. The molecule has 0 saturated carbocycles.